The topological polar surface area (TPSA) is 78.8 Å². The monoisotopic (exact) mass is 489 g/mol. The van der Waals surface area contributed by atoms with Crippen LogP contribution in [0.5, 0.6) is 5.75 Å². The molecule has 0 aliphatic carbocycles. The standard InChI is InChI=1S/C27H32FN7O/c28-23-13-11-21(12-14-23)20-36-24-10-4-3-9-22(24)19-29-33-25-30-26(34-15-5-1-6-16-34)32-27(31-25)35-17-7-2-8-18-35/h3-4,9-14,19H,1-2,5-8,15-18,20H2,(H,30,31,32,33)/b29-19+. The predicted octanol–water partition coefficient (Wildman–Crippen LogP) is 5.02. The average molecular weight is 490 g/mol. The maximum absolute atomic E-state index is 13.2. The van der Waals surface area contributed by atoms with Gasteiger partial charge < -0.3 is 14.5 Å². The van der Waals surface area contributed by atoms with Gasteiger partial charge in [0.2, 0.25) is 17.8 Å². The van der Waals surface area contributed by atoms with Crippen LogP contribution >= 0.6 is 0 Å². The molecule has 5 rings (SSSR count). The lowest BCUT2D eigenvalue weighted by molar-refractivity contribution is 0.305. The van der Waals surface area contributed by atoms with Gasteiger partial charge >= 0.3 is 0 Å². The van der Waals surface area contributed by atoms with Crippen LogP contribution in [-0.4, -0.2) is 47.3 Å². The molecule has 2 aliphatic rings. The summed E-state index contributed by atoms with van der Waals surface area (Å²) >= 11 is 0. The number of ether oxygens (including phenoxy) is 1. The van der Waals surface area contributed by atoms with Crippen LogP contribution in [0.3, 0.4) is 0 Å². The highest BCUT2D eigenvalue weighted by molar-refractivity contribution is 5.83. The van der Waals surface area contributed by atoms with Gasteiger partial charge in [0.1, 0.15) is 18.2 Å². The van der Waals surface area contributed by atoms with E-state index in [1.807, 2.05) is 24.3 Å². The molecule has 0 spiro atoms. The second-order valence-corrected chi connectivity index (χ2v) is 9.18. The van der Waals surface area contributed by atoms with Gasteiger partial charge in [-0.05, 0) is 68.4 Å². The molecular formula is C27H32FN7O. The summed E-state index contributed by atoms with van der Waals surface area (Å²) in [5, 5.41) is 4.42. The molecule has 2 saturated heterocycles. The lowest BCUT2D eigenvalue weighted by Gasteiger charge is -2.30. The normalized spacial score (nSPS) is 16.4. The number of piperidine rings is 2. The number of hydrogen-bond donors (Lipinski definition) is 1. The molecule has 8 nitrogen and oxygen atoms in total. The first-order valence-corrected chi connectivity index (χ1v) is 12.8. The summed E-state index contributed by atoms with van der Waals surface area (Å²) in [6, 6.07) is 13.9. The molecule has 2 fully saturated rings. The third-order valence-corrected chi connectivity index (χ3v) is 6.48. The SMILES string of the molecule is Fc1ccc(COc2ccccc2/C=N/Nc2nc(N3CCCCC3)nc(N3CCCCC3)n2)cc1. The molecule has 0 bridgehead atoms. The summed E-state index contributed by atoms with van der Waals surface area (Å²) in [4.78, 5) is 18.7. The van der Waals surface area contributed by atoms with E-state index >= 15 is 0 Å². The highest BCUT2D eigenvalue weighted by Gasteiger charge is 2.20. The van der Waals surface area contributed by atoms with Crippen molar-refractivity contribution < 1.29 is 9.13 Å². The molecule has 36 heavy (non-hydrogen) atoms. The largest absolute Gasteiger partial charge is 0.488 e. The van der Waals surface area contributed by atoms with Gasteiger partial charge in [0.15, 0.2) is 0 Å². The Kier molecular flexibility index (Phi) is 7.85. The number of rotatable bonds is 8. The van der Waals surface area contributed by atoms with Crippen LogP contribution < -0.4 is 20.0 Å². The van der Waals surface area contributed by atoms with Crippen LogP contribution in [0.1, 0.15) is 49.7 Å². The molecule has 1 N–H and O–H groups in total. The summed E-state index contributed by atoms with van der Waals surface area (Å²) in [6.07, 6.45) is 8.81. The highest BCUT2D eigenvalue weighted by Crippen LogP contribution is 2.23. The van der Waals surface area contributed by atoms with Crippen molar-refractivity contribution >= 4 is 24.1 Å². The van der Waals surface area contributed by atoms with Crippen molar-refractivity contribution in [2.45, 2.75) is 45.1 Å². The lowest BCUT2D eigenvalue weighted by Crippen LogP contribution is -2.34. The number of hydrazone groups is 1. The molecule has 9 heteroatoms. The van der Waals surface area contributed by atoms with E-state index in [9.17, 15) is 4.39 Å². The quantitative estimate of drug-likeness (QED) is 0.352. The Morgan fingerprint density at radius 1 is 0.806 bits per heavy atom. The minimum absolute atomic E-state index is 0.262. The molecule has 2 aromatic carbocycles. The maximum Gasteiger partial charge on any atom is 0.250 e. The van der Waals surface area contributed by atoms with Gasteiger partial charge in [-0.1, -0.05) is 24.3 Å². The van der Waals surface area contributed by atoms with Gasteiger partial charge in [0.25, 0.3) is 0 Å². The van der Waals surface area contributed by atoms with Crippen molar-refractivity contribution in [1.82, 2.24) is 15.0 Å². The van der Waals surface area contributed by atoms with Gasteiger partial charge in [-0.15, -0.1) is 0 Å². The number of hydrogen-bond acceptors (Lipinski definition) is 8. The fraction of sp³-hybridized carbons (Fsp3) is 0.407. The minimum atomic E-state index is -0.262. The summed E-state index contributed by atoms with van der Waals surface area (Å²) in [5.74, 6) is 2.29. The Hall–Kier alpha value is -3.75. The fourth-order valence-electron chi connectivity index (χ4n) is 4.49. The number of halogens is 1. The molecule has 188 valence electrons. The molecule has 3 aromatic rings. The summed E-state index contributed by atoms with van der Waals surface area (Å²) in [6.45, 7) is 4.19. The number of para-hydroxylation sites is 1. The number of benzene rings is 2. The van der Waals surface area contributed by atoms with Crippen LogP contribution in [0, 0.1) is 5.82 Å². The van der Waals surface area contributed by atoms with Crippen molar-refractivity contribution in [3.05, 3.63) is 65.5 Å². The Balaban J connectivity index is 1.31. The molecule has 0 atom stereocenters. The zero-order valence-corrected chi connectivity index (χ0v) is 20.4. The first-order valence-electron chi connectivity index (χ1n) is 12.8. The lowest BCUT2D eigenvalue weighted by atomic mass is 10.1. The molecule has 2 aliphatic heterocycles. The highest BCUT2D eigenvalue weighted by atomic mass is 19.1. The molecule has 0 radical (unpaired) electrons. The van der Waals surface area contributed by atoms with E-state index in [0.29, 0.717) is 30.2 Å². The molecule has 1 aromatic heterocycles. The first kappa shape index (κ1) is 24.0. The average Bonchev–Trinajstić information content (AvgIpc) is 2.94. The van der Waals surface area contributed by atoms with Gasteiger partial charge in [-0.2, -0.15) is 20.1 Å². The van der Waals surface area contributed by atoms with Crippen molar-refractivity contribution in [3.8, 4) is 5.75 Å². The zero-order chi connectivity index (χ0) is 24.6. The number of aromatic nitrogens is 3. The Morgan fingerprint density at radius 2 is 1.42 bits per heavy atom. The van der Waals surface area contributed by atoms with Crippen LogP contribution in [0.4, 0.5) is 22.2 Å². The third kappa shape index (κ3) is 6.27. The summed E-state index contributed by atoms with van der Waals surface area (Å²) < 4.78 is 19.1. The van der Waals surface area contributed by atoms with E-state index < -0.39 is 0 Å². The van der Waals surface area contributed by atoms with E-state index in [0.717, 1.165) is 63.0 Å². The van der Waals surface area contributed by atoms with Crippen molar-refractivity contribution in [2.75, 3.05) is 41.4 Å². The van der Waals surface area contributed by atoms with Crippen LogP contribution in [0.15, 0.2) is 53.6 Å². The van der Waals surface area contributed by atoms with Crippen LogP contribution in [0.2, 0.25) is 0 Å². The molecule has 0 saturated carbocycles. The number of nitrogens with zero attached hydrogens (tertiary/aromatic N) is 6. The van der Waals surface area contributed by atoms with E-state index in [4.69, 9.17) is 9.72 Å². The van der Waals surface area contributed by atoms with Crippen molar-refractivity contribution in [3.63, 3.8) is 0 Å². The second-order valence-electron chi connectivity index (χ2n) is 9.18. The van der Waals surface area contributed by atoms with E-state index in [2.05, 4.69) is 30.3 Å². The third-order valence-electron chi connectivity index (χ3n) is 6.48. The van der Waals surface area contributed by atoms with Gasteiger partial charge in [0.05, 0.1) is 6.21 Å². The van der Waals surface area contributed by atoms with Crippen LogP contribution in [0.25, 0.3) is 0 Å². The first-order chi connectivity index (χ1) is 17.7. The molecular weight excluding hydrogens is 457 g/mol. The van der Waals surface area contributed by atoms with E-state index in [-0.39, 0.29) is 5.82 Å². The Morgan fingerprint density at radius 3 is 2.06 bits per heavy atom. The molecule has 0 amide bonds. The fourth-order valence-corrected chi connectivity index (χ4v) is 4.49. The van der Waals surface area contributed by atoms with Gasteiger partial charge in [-0.3, -0.25) is 0 Å². The Bertz CT molecular complexity index is 1120. The second kappa shape index (κ2) is 11.8. The van der Waals surface area contributed by atoms with E-state index in [1.54, 1.807) is 18.3 Å². The molecule has 3 heterocycles. The zero-order valence-electron chi connectivity index (χ0n) is 20.4. The minimum Gasteiger partial charge on any atom is -0.488 e. The van der Waals surface area contributed by atoms with Crippen molar-refractivity contribution in [2.24, 2.45) is 5.10 Å². The van der Waals surface area contributed by atoms with Crippen LogP contribution in [-0.2, 0) is 6.61 Å². The van der Waals surface area contributed by atoms with E-state index in [1.165, 1.54) is 25.0 Å². The number of nitrogens with one attached hydrogen (secondary N) is 1. The van der Waals surface area contributed by atoms with Crippen molar-refractivity contribution in [1.29, 1.82) is 0 Å². The summed E-state index contributed by atoms with van der Waals surface area (Å²) in [5.41, 5.74) is 4.72. The maximum atomic E-state index is 13.2. The number of anilines is 3. The van der Waals surface area contributed by atoms with Gasteiger partial charge in [-0.25, -0.2) is 9.82 Å². The predicted molar refractivity (Wildman–Crippen MR) is 140 cm³/mol. The molecule has 0 unspecified atom stereocenters. The summed E-state index contributed by atoms with van der Waals surface area (Å²) in [7, 11) is 0. The van der Waals surface area contributed by atoms with Gasteiger partial charge in [0, 0.05) is 31.7 Å². The Labute approximate surface area is 211 Å². The smallest absolute Gasteiger partial charge is 0.250 e.